The van der Waals surface area contributed by atoms with E-state index in [9.17, 15) is 0 Å². The van der Waals surface area contributed by atoms with E-state index in [0.29, 0.717) is 10.3 Å². The molecule has 1 fully saturated rings. The summed E-state index contributed by atoms with van der Waals surface area (Å²) in [6, 6.07) is 0. The number of rotatable bonds is 0. The van der Waals surface area contributed by atoms with Crippen LogP contribution in [0.3, 0.4) is 0 Å². The monoisotopic (exact) mass is 294 g/mol. The fraction of sp³-hybridized carbons (Fsp3) is 1.00. The molecule has 1 heterocycles. The summed E-state index contributed by atoms with van der Waals surface area (Å²) in [6.45, 7) is 14.9. The molecular formula is C13H28BrP. The van der Waals surface area contributed by atoms with E-state index in [0.717, 1.165) is 0 Å². The van der Waals surface area contributed by atoms with Crippen molar-refractivity contribution in [1.29, 1.82) is 0 Å². The van der Waals surface area contributed by atoms with Gasteiger partial charge in [-0.3, -0.25) is 0 Å². The molecule has 0 spiro atoms. The van der Waals surface area contributed by atoms with Crippen LogP contribution in [-0.4, -0.2) is 22.6 Å². The van der Waals surface area contributed by atoms with Gasteiger partial charge in [0.25, 0.3) is 0 Å². The van der Waals surface area contributed by atoms with E-state index in [1.54, 1.807) is 12.3 Å². The predicted molar refractivity (Wildman–Crippen MR) is 70.0 cm³/mol. The molecule has 0 nitrogen and oxygen atoms in total. The third-order valence-electron chi connectivity index (χ3n) is 4.15. The molecule has 0 atom stereocenters. The highest BCUT2D eigenvalue weighted by Crippen LogP contribution is 2.78. The Morgan fingerprint density at radius 2 is 1.00 bits per heavy atom. The van der Waals surface area contributed by atoms with Crippen molar-refractivity contribution in [2.75, 3.05) is 12.3 Å². The van der Waals surface area contributed by atoms with Gasteiger partial charge >= 0.3 is 0 Å². The van der Waals surface area contributed by atoms with Crippen molar-refractivity contribution >= 4 is 7.26 Å². The molecule has 1 aliphatic heterocycles. The summed E-state index contributed by atoms with van der Waals surface area (Å²) in [7, 11) is -0.758. The summed E-state index contributed by atoms with van der Waals surface area (Å²) < 4.78 is 0. The summed E-state index contributed by atoms with van der Waals surface area (Å²) in [5.74, 6) is 0. The smallest absolute Gasteiger partial charge is 0.0720 e. The van der Waals surface area contributed by atoms with Gasteiger partial charge in [0.2, 0.25) is 0 Å². The standard InChI is InChI=1S/C13H28P.BrH/c1-12(2,3)14(13(4,5)6)10-8-7-9-11-14;/h7-11H2,1-6H3;1H/q+1;/p-1. The van der Waals surface area contributed by atoms with Gasteiger partial charge in [-0.25, -0.2) is 0 Å². The molecule has 0 amide bonds. The molecule has 1 aliphatic rings. The summed E-state index contributed by atoms with van der Waals surface area (Å²) in [5.41, 5.74) is 0. The van der Waals surface area contributed by atoms with Crippen molar-refractivity contribution in [3.05, 3.63) is 0 Å². The van der Waals surface area contributed by atoms with Crippen LogP contribution in [0.1, 0.15) is 60.8 Å². The molecular weight excluding hydrogens is 267 g/mol. The van der Waals surface area contributed by atoms with Gasteiger partial charge in [-0.2, -0.15) is 0 Å². The molecule has 0 radical (unpaired) electrons. The van der Waals surface area contributed by atoms with Crippen LogP contribution in [-0.2, 0) is 0 Å². The molecule has 15 heavy (non-hydrogen) atoms. The minimum Gasteiger partial charge on any atom is -1.00 e. The molecule has 0 N–H and O–H groups in total. The Hall–Kier alpha value is 0.910. The fourth-order valence-corrected chi connectivity index (χ4v) is 9.85. The first-order chi connectivity index (χ1) is 6.21. The normalized spacial score (nSPS) is 22.0. The molecule has 0 bridgehead atoms. The van der Waals surface area contributed by atoms with E-state index < -0.39 is 7.26 Å². The van der Waals surface area contributed by atoms with E-state index in [2.05, 4.69) is 41.5 Å². The molecule has 1 saturated heterocycles. The highest BCUT2D eigenvalue weighted by atomic mass is 79.9. The predicted octanol–water partition coefficient (Wildman–Crippen LogP) is 1.79. The van der Waals surface area contributed by atoms with Crippen molar-refractivity contribution in [2.24, 2.45) is 0 Å². The Bertz CT molecular complexity index is 176. The lowest BCUT2D eigenvalue weighted by Crippen LogP contribution is -3.00. The van der Waals surface area contributed by atoms with Crippen LogP contribution in [0.25, 0.3) is 0 Å². The molecule has 0 saturated carbocycles. The van der Waals surface area contributed by atoms with Crippen molar-refractivity contribution in [3.8, 4) is 0 Å². The topological polar surface area (TPSA) is 0 Å². The van der Waals surface area contributed by atoms with Crippen LogP contribution in [0, 0.1) is 0 Å². The number of hydrogen-bond acceptors (Lipinski definition) is 0. The highest BCUT2D eigenvalue weighted by Gasteiger charge is 2.57. The maximum Gasteiger partial charge on any atom is 0.0720 e. The Morgan fingerprint density at radius 3 is 1.20 bits per heavy atom. The zero-order chi connectivity index (χ0) is 11.0. The first kappa shape index (κ1) is 15.9. The first-order valence-corrected chi connectivity index (χ1v) is 8.24. The van der Waals surface area contributed by atoms with Crippen molar-refractivity contribution in [2.45, 2.75) is 71.1 Å². The van der Waals surface area contributed by atoms with Gasteiger partial charge in [-0.15, -0.1) is 0 Å². The maximum atomic E-state index is 2.48. The summed E-state index contributed by atoms with van der Waals surface area (Å²) in [4.78, 5) is 0. The van der Waals surface area contributed by atoms with Crippen LogP contribution in [0.2, 0.25) is 0 Å². The lowest BCUT2D eigenvalue weighted by Gasteiger charge is -2.49. The largest absolute Gasteiger partial charge is 1.00 e. The average molecular weight is 295 g/mol. The molecule has 0 aromatic rings. The molecule has 92 valence electrons. The second-order valence-electron chi connectivity index (χ2n) is 6.82. The van der Waals surface area contributed by atoms with Crippen LogP contribution in [0.4, 0.5) is 0 Å². The van der Waals surface area contributed by atoms with Gasteiger partial charge in [-0.1, -0.05) is 0 Å². The summed E-state index contributed by atoms with van der Waals surface area (Å²) in [5, 5.41) is 1.12. The van der Waals surface area contributed by atoms with Gasteiger partial charge < -0.3 is 17.0 Å². The second-order valence-corrected chi connectivity index (χ2v) is 12.3. The van der Waals surface area contributed by atoms with E-state index in [1.807, 2.05) is 0 Å². The second kappa shape index (κ2) is 5.05. The van der Waals surface area contributed by atoms with Crippen molar-refractivity contribution in [3.63, 3.8) is 0 Å². The van der Waals surface area contributed by atoms with Gasteiger partial charge in [0, 0.05) is 7.26 Å². The number of halogens is 1. The van der Waals surface area contributed by atoms with Crippen molar-refractivity contribution in [1.82, 2.24) is 0 Å². The van der Waals surface area contributed by atoms with Gasteiger partial charge in [-0.05, 0) is 60.8 Å². The van der Waals surface area contributed by atoms with E-state index in [-0.39, 0.29) is 17.0 Å². The van der Waals surface area contributed by atoms with Crippen LogP contribution < -0.4 is 17.0 Å². The van der Waals surface area contributed by atoms with Gasteiger partial charge in [0.05, 0.1) is 22.6 Å². The molecule has 0 aromatic carbocycles. The van der Waals surface area contributed by atoms with E-state index in [1.165, 1.54) is 19.3 Å². The van der Waals surface area contributed by atoms with Crippen LogP contribution in [0.15, 0.2) is 0 Å². The minimum absolute atomic E-state index is 0. The zero-order valence-corrected chi connectivity index (χ0v) is 13.8. The maximum absolute atomic E-state index is 2.48. The molecule has 0 aliphatic carbocycles. The Balaban J connectivity index is 0.00000196. The van der Waals surface area contributed by atoms with E-state index in [4.69, 9.17) is 0 Å². The Morgan fingerprint density at radius 1 is 0.667 bits per heavy atom. The quantitative estimate of drug-likeness (QED) is 0.598. The SMILES string of the molecule is CC(C)(C)[P+]1(C(C)(C)C)CCCCC1.[Br-]. The number of hydrogen-bond donors (Lipinski definition) is 0. The Labute approximate surface area is 108 Å². The van der Waals surface area contributed by atoms with Gasteiger partial charge in [0.15, 0.2) is 0 Å². The molecule has 0 aromatic heterocycles. The van der Waals surface area contributed by atoms with Crippen LogP contribution in [0.5, 0.6) is 0 Å². The molecule has 2 heteroatoms. The fourth-order valence-electron chi connectivity index (χ4n) is 3.40. The summed E-state index contributed by atoms with van der Waals surface area (Å²) >= 11 is 0. The zero-order valence-electron chi connectivity index (χ0n) is 11.4. The van der Waals surface area contributed by atoms with Crippen LogP contribution >= 0.6 is 7.26 Å². The minimum atomic E-state index is -0.758. The third kappa shape index (κ3) is 2.97. The lowest BCUT2D eigenvalue weighted by molar-refractivity contribution is -0.00000374. The highest BCUT2D eigenvalue weighted by molar-refractivity contribution is 7.78. The average Bonchev–Trinajstić information content (AvgIpc) is 2.02. The lowest BCUT2D eigenvalue weighted by atomic mass is 10.2. The van der Waals surface area contributed by atoms with Crippen molar-refractivity contribution < 1.29 is 17.0 Å². The summed E-state index contributed by atoms with van der Waals surface area (Å²) in [6.07, 6.45) is 7.54. The molecule has 1 rings (SSSR count). The molecule has 0 unspecified atom stereocenters. The van der Waals surface area contributed by atoms with E-state index >= 15 is 0 Å². The Kier molecular flexibility index (Phi) is 5.35. The first-order valence-electron chi connectivity index (χ1n) is 6.08. The van der Waals surface area contributed by atoms with Gasteiger partial charge in [0.1, 0.15) is 0 Å². The third-order valence-corrected chi connectivity index (χ3v) is 11.4.